The molecule has 6 nitrogen and oxygen atoms in total. The lowest BCUT2D eigenvalue weighted by molar-refractivity contribution is 0.0915. The molecule has 2 aliphatic heterocycles. The monoisotopic (exact) mass is 381 g/mol. The fraction of sp³-hybridized carbons (Fsp3) is 0.409. The predicted octanol–water partition coefficient (Wildman–Crippen LogP) is 3.61. The first-order valence-electron chi connectivity index (χ1n) is 9.87. The normalized spacial score (nSPS) is 21.8. The molecule has 2 aromatic rings. The maximum Gasteiger partial charge on any atom is 0.195 e. The largest absolute Gasteiger partial charge is 0.490 e. The summed E-state index contributed by atoms with van der Waals surface area (Å²) in [5.74, 6) is 2.70. The van der Waals surface area contributed by atoms with E-state index in [0.29, 0.717) is 19.1 Å². The number of ether oxygens (including phenoxy) is 3. The molecular formula is C22H27N3O3. The van der Waals surface area contributed by atoms with Crippen LogP contribution in [0.5, 0.6) is 11.5 Å². The molecule has 0 saturated carbocycles. The molecule has 0 aromatic heterocycles. The topological polar surface area (TPSA) is 64.1 Å². The number of anilines is 1. The molecule has 2 N–H and O–H groups in total. The van der Waals surface area contributed by atoms with Crippen molar-refractivity contribution in [3.63, 3.8) is 0 Å². The van der Waals surface area contributed by atoms with Gasteiger partial charge >= 0.3 is 0 Å². The third kappa shape index (κ3) is 4.39. The standard InChI is InChI=1S/C22H27N3O3/c1-23-22(25-18-8-9-19-20(14-18)27-12-5-11-26-19)24-15-17-10-13-28-21(17)16-6-3-2-4-7-16/h2-4,6-9,14,17,21H,5,10-13,15H2,1H3,(H2,23,24,25). The van der Waals surface area contributed by atoms with Crippen LogP contribution in [0.25, 0.3) is 0 Å². The van der Waals surface area contributed by atoms with E-state index in [9.17, 15) is 0 Å². The van der Waals surface area contributed by atoms with Crippen LogP contribution in [0.2, 0.25) is 0 Å². The third-order valence-corrected chi connectivity index (χ3v) is 5.11. The number of hydrogen-bond donors (Lipinski definition) is 2. The van der Waals surface area contributed by atoms with Crippen LogP contribution in [0.1, 0.15) is 24.5 Å². The first-order chi connectivity index (χ1) is 13.8. The van der Waals surface area contributed by atoms with Crippen molar-refractivity contribution in [2.45, 2.75) is 18.9 Å². The first-order valence-corrected chi connectivity index (χ1v) is 9.87. The van der Waals surface area contributed by atoms with Crippen LogP contribution < -0.4 is 20.1 Å². The molecule has 2 atom stereocenters. The second kappa shape index (κ2) is 8.97. The highest BCUT2D eigenvalue weighted by atomic mass is 16.5. The number of nitrogens with zero attached hydrogens (tertiary/aromatic N) is 1. The molecule has 2 aliphatic rings. The first kappa shape index (κ1) is 18.6. The van der Waals surface area contributed by atoms with Gasteiger partial charge in [-0.05, 0) is 24.1 Å². The lowest BCUT2D eigenvalue weighted by Crippen LogP contribution is -2.35. The van der Waals surface area contributed by atoms with Crippen molar-refractivity contribution in [2.75, 3.05) is 38.7 Å². The van der Waals surface area contributed by atoms with E-state index in [1.54, 1.807) is 7.05 Å². The summed E-state index contributed by atoms with van der Waals surface area (Å²) in [5.41, 5.74) is 2.15. The molecule has 2 unspecified atom stereocenters. The van der Waals surface area contributed by atoms with Gasteiger partial charge in [-0.1, -0.05) is 30.3 Å². The summed E-state index contributed by atoms with van der Waals surface area (Å²) in [4.78, 5) is 4.35. The maximum absolute atomic E-state index is 5.98. The Bertz CT molecular complexity index is 810. The van der Waals surface area contributed by atoms with Gasteiger partial charge < -0.3 is 24.8 Å². The molecule has 0 radical (unpaired) electrons. The summed E-state index contributed by atoms with van der Waals surface area (Å²) in [6, 6.07) is 16.3. The van der Waals surface area contributed by atoms with E-state index in [-0.39, 0.29) is 6.10 Å². The van der Waals surface area contributed by atoms with Crippen molar-refractivity contribution in [3.05, 3.63) is 54.1 Å². The van der Waals surface area contributed by atoms with Crippen LogP contribution in [0.15, 0.2) is 53.5 Å². The molecule has 0 amide bonds. The van der Waals surface area contributed by atoms with Crippen LogP contribution in [0, 0.1) is 5.92 Å². The second-order valence-corrected chi connectivity index (χ2v) is 7.04. The molecule has 28 heavy (non-hydrogen) atoms. The number of rotatable bonds is 4. The molecule has 0 spiro atoms. The Labute approximate surface area is 165 Å². The van der Waals surface area contributed by atoms with E-state index in [1.165, 1.54) is 5.56 Å². The molecule has 0 bridgehead atoms. The minimum absolute atomic E-state index is 0.129. The quantitative estimate of drug-likeness (QED) is 0.626. The molecule has 148 valence electrons. The highest BCUT2D eigenvalue weighted by Gasteiger charge is 2.29. The zero-order valence-electron chi connectivity index (χ0n) is 16.2. The highest BCUT2D eigenvalue weighted by molar-refractivity contribution is 5.93. The minimum Gasteiger partial charge on any atom is -0.490 e. The zero-order chi connectivity index (χ0) is 19.2. The van der Waals surface area contributed by atoms with E-state index < -0.39 is 0 Å². The SMILES string of the molecule is CN=C(NCC1CCOC1c1ccccc1)Nc1ccc2c(c1)OCCCO2. The average molecular weight is 381 g/mol. The van der Waals surface area contributed by atoms with Crippen molar-refractivity contribution in [2.24, 2.45) is 10.9 Å². The molecule has 6 heteroatoms. The van der Waals surface area contributed by atoms with Gasteiger partial charge in [0.25, 0.3) is 0 Å². The Morgan fingerprint density at radius 1 is 1.04 bits per heavy atom. The van der Waals surface area contributed by atoms with Crippen LogP contribution in [0.3, 0.4) is 0 Å². The predicted molar refractivity (Wildman–Crippen MR) is 110 cm³/mol. The lowest BCUT2D eigenvalue weighted by Gasteiger charge is -2.21. The molecular weight excluding hydrogens is 354 g/mol. The fourth-order valence-electron chi connectivity index (χ4n) is 3.64. The number of fused-ring (bicyclic) bond motifs is 1. The van der Waals surface area contributed by atoms with Crippen molar-refractivity contribution in [1.29, 1.82) is 0 Å². The van der Waals surface area contributed by atoms with Gasteiger partial charge in [-0.2, -0.15) is 0 Å². The van der Waals surface area contributed by atoms with Gasteiger partial charge in [-0.25, -0.2) is 0 Å². The molecule has 1 fully saturated rings. The molecule has 4 rings (SSSR count). The molecule has 2 aromatic carbocycles. The Kier molecular flexibility index (Phi) is 5.97. The summed E-state index contributed by atoms with van der Waals surface area (Å²) in [6.45, 7) is 2.95. The van der Waals surface area contributed by atoms with E-state index in [4.69, 9.17) is 14.2 Å². The van der Waals surface area contributed by atoms with E-state index in [2.05, 4.69) is 39.9 Å². The van der Waals surface area contributed by atoms with Crippen molar-refractivity contribution in [3.8, 4) is 11.5 Å². The fourth-order valence-corrected chi connectivity index (χ4v) is 3.64. The highest BCUT2D eigenvalue weighted by Crippen LogP contribution is 2.34. The van der Waals surface area contributed by atoms with Crippen molar-refractivity contribution < 1.29 is 14.2 Å². The van der Waals surface area contributed by atoms with Crippen LogP contribution >= 0.6 is 0 Å². The number of hydrogen-bond acceptors (Lipinski definition) is 4. The Morgan fingerprint density at radius 3 is 2.68 bits per heavy atom. The molecule has 2 heterocycles. The lowest BCUT2D eigenvalue weighted by atomic mass is 9.95. The Morgan fingerprint density at radius 2 is 1.86 bits per heavy atom. The van der Waals surface area contributed by atoms with Gasteiger partial charge in [-0.15, -0.1) is 0 Å². The second-order valence-electron chi connectivity index (χ2n) is 7.04. The third-order valence-electron chi connectivity index (χ3n) is 5.11. The summed E-state index contributed by atoms with van der Waals surface area (Å²) in [7, 11) is 1.78. The number of guanidine groups is 1. The minimum atomic E-state index is 0.129. The van der Waals surface area contributed by atoms with Gasteiger partial charge in [0.05, 0.1) is 19.3 Å². The van der Waals surface area contributed by atoms with Crippen molar-refractivity contribution in [1.82, 2.24) is 5.32 Å². The summed E-state index contributed by atoms with van der Waals surface area (Å²) in [5, 5.41) is 6.78. The van der Waals surface area contributed by atoms with Gasteiger partial charge in [0.15, 0.2) is 17.5 Å². The smallest absolute Gasteiger partial charge is 0.195 e. The van der Waals surface area contributed by atoms with Gasteiger partial charge in [0.2, 0.25) is 0 Å². The van der Waals surface area contributed by atoms with Gasteiger partial charge in [0, 0.05) is 44.3 Å². The van der Waals surface area contributed by atoms with Crippen molar-refractivity contribution >= 4 is 11.6 Å². The van der Waals surface area contributed by atoms with Crippen LogP contribution in [0.4, 0.5) is 5.69 Å². The number of aliphatic imine (C=N–C) groups is 1. The zero-order valence-corrected chi connectivity index (χ0v) is 16.2. The number of nitrogens with one attached hydrogen (secondary N) is 2. The van der Waals surface area contributed by atoms with E-state index >= 15 is 0 Å². The summed E-state index contributed by atoms with van der Waals surface area (Å²) < 4.78 is 17.4. The number of benzene rings is 2. The average Bonchev–Trinajstić information content (AvgIpc) is 3.09. The summed E-state index contributed by atoms with van der Waals surface area (Å²) in [6.07, 6.45) is 2.06. The van der Waals surface area contributed by atoms with E-state index in [1.807, 2.05) is 24.3 Å². The van der Waals surface area contributed by atoms with E-state index in [0.717, 1.165) is 49.1 Å². The van der Waals surface area contributed by atoms with Gasteiger partial charge in [-0.3, -0.25) is 4.99 Å². The maximum atomic E-state index is 5.98. The Hall–Kier alpha value is -2.73. The summed E-state index contributed by atoms with van der Waals surface area (Å²) >= 11 is 0. The molecule has 1 saturated heterocycles. The molecule has 0 aliphatic carbocycles. The van der Waals surface area contributed by atoms with Gasteiger partial charge in [0.1, 0.15) is 0 Å². The van der Waals surface area contributed by atoms with Crippen LogP contribution in [-0.2, 0) is 4.74 Å². The Balaban J connectivity index is 1.37. The van der Waals surface area contributed by atoms with Crippen LogP contribution in [-0.4, -0.2) is 39.4 Å².